The maximum absolute atomic E-state index is 12.6. The molecule has 0 spiro atoms. The molecule has 1 aliphatic rings. The van der Waals surface area contributed by atoms with Gasteiger partial charge in [-0.25, -0.2) is 0 Å². The average Bonchev–Trinajstić information content (AvgIpc) is 3.54. The van der Waals surface area contributed by atoms with E-state index < -0.39 is 54.9 Å². The highest BCUT2D eigenvalue weighted by Gasteiger charge is 2.34. The molecular formula is C33H67N7O9. The van der Waals surface area contributed by atoms with Crippen LogP contribution in [0.4, 0.5) is 0 Å². The molecule has 8 N–H and O–H groups in total. The van der Waals surface area contributed by atoms with E-state index in [1.54, 1.807) is 13.8 Å². The molecule has 0 radical (unpaired) electrons. The van der Waals surface area contributed by atoms with Gasteiger partial charge in [0, 0.05) is 32.2 Å². The van der Waals surface area contributed by atoms with Crippen LogP contribution in [0.5, 0.6) is 0 Å². The van der Waals surface area contributed by atoms with Gasteiger partial charge in [0.15, 0.2) is 0 Å². The van der Waals surface area contributed by atoms with E-state index >= 15 is 0 Å². The fourth-order valence-electron chi connectivity index (χ4n) is 3.54. The minimum atomic E-state index is -1.38. The van der Waals surface area contributed by atoms with Gasteiger partial charge in [0.05, 0.1) is 32.3 Å². The lowest BCUT2D eigenvalue weighted by Crippen LogP contribution is -2.56. The monoisotopic (exact) mass is 706 g/mol. The molecule has 0 aromatic rings. The summed E-state index contributed by atoms with van der Waals surface area (Å²) in [6, 6.07) is -2.04. The highest BCUT2D eigenvalue weighted by atomic mass is 16.3. The molecule has 0 bridgehead atoms. The zero-order valence-corrected chi connectivity index (χ0v) is 31.9. The molecule has 1 heterocycles. The molecule has 3 atom stereocenters. The Morgan fingerprint density at radius 2 is 1.22 bits per heavy atom. The van der Waals surface area contributed by atoms with Gasteiger partial charge < -0.3 is 51.8 Å². The second-order valence-electron chi connectivity index (χ2n) is 11.8. The minimum absolute atomic E-state index is 0.0871. The van der Waals surface area contributed by atoms with Crippen molar-refractivity contribution < 1.29 is 43.8 Å². The molecule has 16 heteroatoms. The quantitative estimate of drug-likeness (QED) is 0.103. The first-order chi connectivity index (χ1) is 23.0. The smallest absolute Gasteiger partial charge is 0.245 e. The van der Waals surface area contributed by atoms with Gasteiger partial charge in [-0.3, -0.25) is 28.8 Å². The summed E-state index contributed by atoms with van der Waals surface area (Å²) in [7, 11) is 1.00. The molecule has 1 aliphatic heterocycles. The lowest BCUT2D eigenvalue weighted by Gasteiger charge is -2.25. The summed E-state index contributed by atoms with van der Waals surface area (Å²) in [6.07, 6.45) is 1.36. The molecular weight excluding hydrogens is 638 g/mol. The van der Waals surface area contributed by atoms with Crippen molar-refractivity contribution in [1.29, 1.82) is 0 Å². The van der Waals surface area contributed by atoms with Gasteiger partial charge in [0.1, 0.15) is 18.4 Å². The van der Waals surface area contributed by atoms with Crippen LogP contribution in [0, 0.1) is 5.92 Å². The van der Waals surface area contributed by atoms with Crippen molar-refractivity contribution in [2.45, 2.75) is 126 Å². The third-order valence-corrected chi connectivity index (χ3v) is 5.53. The van der Waals surface area contributed by atoms with Crippen LogP contribution in [-0.2, 0) is 33.6 Å². The van der Waals surface area contributed by atoms with Crippen molar-refractivity contribution in [3.63, 3.8) is 0 Å². The first-order valence-electron chi connectivity index (χ1n) is 17.0. The summed E-state index contributed by atoms with van der Waals surface area (Å²) >= 11 is 0. The van der Waals surface area contributed by atoms with Gasteiger partial charge in [-0.2, -0.15) is 0 Å². The number of nitrogens with zero attached hydrogens (tertiary/aromatic N) is 1. The molecule has 288 valence electrons. The van der Waals surface area contributed by atoms with Crippen LogP contribution in [0.1, 0.15) is 95.4 Å². The third-order valence-electron chi connectivity index (χ3n) is 5.53. The summed E-state index contributed by atoms with van der Waals surface area (Å²) < 4.78 is 0. The average molecular weight is 706 g/mol. The second-order valence-corrected chi connectivity index (χ2v) is 11.8. The Balaban J connectivity index is -0.000000733. The number of aliphatic hydroxyl groups is 2. The molecule has 1 fully saturated rings. The summed E-state index contributed by atoms with van der Waals surface area (Å²) in [5.41, 5.74) is 0. The SMILES string of the molecule is CC.CC(C)C.CC(C)NCC(=O)N1CCCC1C(=O)NCC(=O)NC(C(=O)NCC(=O)NCC(=O)NC(C)C)C(C)O.CCC=O.CO. The first-order valence-corrected chi connectivity index (χ1v) is 17.0. The van der Waals surface area contributed by atoms with E-state index in [1.165, 1.54) is 11.8 Å². The molecule has 1 rings (SSSR count). The number of likely N-dealkylation sites (tertiary alicyclic amines) is 1. The second kappa shape index (κ2) is 32.9. The van der Waals surface area contributed by atoms with Crippen molar-refractivity contribution in [2.24, 2.45) is 5.92 Å². The van der Waals surface area contributed by atoms with Crippen LogP contribution in [0.3, 0.4) is 0 Å². The molecule has 16 nitrogen and oxygen atoms in total. The topological polar surface area (TPSA) is 235 Å². The number of aliphatic hydroxyl groups excluding tert-OH is 2. The number of carbonyl (C=O) groups excluding carboxylic acids is 7. The summed E-state index contributed by atoms with van der Waals surface area (Å²) in [5.74, 6) is -2.42. The van der Waals surface area contributed by atoms with Crippen LogP contribution in [0.15, 0.2) is 0 Å². The lowest BCUT2D eigenvalue weighted by atomic mass is 10.1. The molecule has 0 aromatic carbocycles. The standard InChI is InChI=1S/C23H41N7O7.C4H10.C3H6O.C2H6.CH4O/c1-13(2)24-12-20(35)30-8-6-7-16(30)22(36)26-11-19(34)29-21(15(5)31)23(37)27-9-17(32)25-10-18(33)28-14(3)4;1-4(2)3;1-2-3-4;2*1-2/h13-16,21,24,31H,6-12H2,1-5H3,(H,25,32)(H,26,36)(H,27,37)(H,28,33)(H,29,34);4H,1-3H3;3H,2H2,1H3;1-2H3;2H,1H3. The zero-order chi connectivity index (χ0) is 39.1. The normalized spacial score (nSPS) is 14.1. The fourth-order valence-corrected chi connectivity index (χ4v) is 3.54. The van der Waals surface area contributed by atoms with E-state index in [-0.39, 0.29) is 37.0 Å². The van der Waals surface area contributed by atoms with Crippen LogP contribution < -0.4 is 31.9 Å². The number of hydrogen-bond acceptors (Lipinski definition) is 10. The van der Waals surface area contributed by atoms with E-state index in [0.717, 1.165) is 19.3 Å². The zero-order valence-electron chi connectivity index (χ0n) is 31.9. The Hall–Kier alpha value is -3.63. The maximum Gasteiger partial charge on any atom is 0.245 e. The van der Waals surface area contributed by atoms with Gasteiger partial charge >= 0.3 is 0 Å². The third kappa shape index (κ3) is 30.2. The number of rotatable bonds is 15. The predicted molar refractivity (Wildman–Crippen MR) is 190 cm³/mol. The number of carbonyl (C=O) groups is 7. The molecule has 0 saturated carbocycles. The molecule has 1 saturated heterocycles. The van der Waals surface area contributed by atoms with Gasteiger partial charge in [-0.1, -0.05) is 55.4 Å². The first kappa shape index (κ1) is 52.2. The summed E-state index contributed by atoms with van der Waals surface area (Å²) in [4.78, 5) is 83.8. The van der Waals surface area contributed by atoms with Crippen molar-refractivity contribution >= 4 is 41.7 Å². The molecule has 0 aliphatic carbocycles. The predicted octanol–water partition coefficient (Wildman–Crippen LogP) is -0.393. The lowest BCUT2D eigenvalue weighted by molar-refractivity contribution is -0.138. The molecule has 0 aromatic heterocycles. The minimum Gasteiger partial charge on any atom is -0.400 e. The van der Waals surface area contributed by atoms with Crippen molar-refractivity contribution in [3.05, 3.63) is 0 Å². The van der Waals surface area contributed by atoms with E-state index in [4.69, 9.17) is 5.11 Å². The van der Waals surface area contributed by atoms with Crippen LogP contribution >= 0.6 is 0 Å². The van der Waals surface area contributed by atoms with Gasteiger partial charge in [0.25, 0.3) is 0 Å². The Bertz CT molecular complexity index is 943. The highest BCUT2D eigenvalue weighted by Crippen LogP contribution is 2.17. The number of amides is 6. The summed E-state index contributed by atoms with van der Waals surface area (Å²) in [6.45, 7) is 20.3. The Kier molecular flexibility index (Phi) is 35.0. The van der Waals surface area contributed by atoms with E-state index in [0.29, 0.717) is 25.8 Å². The van der Waals surface area contributed by atoms with Gasteiger partial charge in [-0.05, 0) is 39.5 Å². The maximum atomic E-state index is 12.6. The van der Waals surface area contributed by atoms with Gasteiger partial charge in [-0.15, -0.1) is 0 Å². The van der Waals surface area contributed by atoms with Crippen molar-refractivity contribution in [2.75, 3.05) is 39.8 Å². The molecule has 6 amide bonds. The highest BCUT2D eigenvalue weighted by molar-refractivity contribution is 5.94. The Labute approximate surface area is 293 Å². The number of nitrogens with one attached hydrogen (secondary N) is 6. The molecule has 3 unspecified atom stereocenters. The van der Waals surface area contributed by atoms with Crippen LogP contribution in [0.25, 0.3) is 0 Å². The van der Waals surface area contributed by atoms with Crippen molar-refractivity contribution in [1.82, 2.24) is 36.8 Å². The van der Waals surface area contributed by atoms with Crippen LogP contribution in [0.2, 0.25) is 0 Å². The van der Waals surface area contributed by atoms with Crippen LogP contribution in [-0.4, -0.2) is 127 Å². The Morgan fingerprint density at radius 3 is 1.67 bits per heavy atom. The van der Waals surface area contributed by atoms with E-state index in [9.17, 15) is 38.7 Å². The summed E-state index contributed by atoms with van der Waals surface area (Å²) in [5, 5.41) is 32.0. The van der Waals surface area contributed by atoms with Crippen molar-refractivity contribution in [3.8, 4) is 0 Å². The van der Waals surface area contributed by atoms with E-state index in [2.05, 4.69) is 52.7 Å². The Morgan fingerprint density at radius 1 is 0.755 bits per heavy atom. The fraction of sp³-hybridized carbons (Fsp3) is 0.788. The number of aldehydes is 1. The molecule has 49 heavy (non-hydrogen) atoms. The van der Waals surface area contributed by atoms with Gasteiger partial charge in [0.2, 0.25) is 35.4 Å². The largest absolute Gasteiger partial charge is 0.400 e. The van der Waals surface area contributed by atoms with E-state index in [1.807, 2.05) is 34.6 Å². The number of hydrogen-bond donors (Lipinski definition) is 8.